The summed E-state index contributed by atoms with van der Waals surface area (Å²) in [5, 5.41) is 104. The minimum Gasteiger partial charge on any atom is -0.466 e. The van der Waals surface area contributed by atoms with Gasteiger partial charge in [-0.25, -0.2) is 40.7 Å². The molecule has 11 N–H and O–H groups in total. The van der Waals surface area contributed by atoms with E-state index in [0.29, 0.717) is 110 Å². The maximum Gasteiger partial charge on any atom is 0.338 e. The highest BCUT2D eigenvalue weighted by Gasteiger charge is 2.54. The van der Waals surface area contributed by atoms with Gasteiger partial charge < -0.3 is 29.3 Å². The Morgan fingerprint density at radius 1 is 0.381 bits per heavy atom. The second kappa shape index (κ2) is 47.8. The highest BCUT2D eigenvalue weighted by atomic mass is 32.2. The van der Waals surface area contributed by atoms with Gasteiger partial charge in [-0.1, -0.05) is 105 Å². The number of thiophene rings is 1. The van der Waals surface area contributed by atoms with Gasteiger partial charge in [-0.15, -0.1) is 82.7 Å². The number of sulfonamides is 2. The molecule has 8 bridgehead atoms. The Hall–Kier alpha value is -15.8. The van der Waals surface area contributed by atoms with Crippen LogP contribution in [-0.2, 0) is 47.3 Å². The van der Waals surface area contributed by atoms with Crippen LogP contribution < -0.4 is 20.1 Å². The normalized spacial score (nSPS) is 19.8. The SMILES string of the molecule is COC(=O)c1ccc(-c2nn[nH]n2)cc1.O=C(NC12CC3CC(CC(C3)C1)C2)c1ccc(-c2nn[nH]n2)cc1.O=C(NCC1CCCCC1)c1ccc(-c2nn[nH]n2)cc1.O=C(OCCc1cccs1)c1ccc(-c2nn[nH]n2)cc1.O=C(OCc1ccco1)c1ccc(-c2nn[nH]n2)cc1.O=S(=O)(NC12CC3CC(CC(C3)C1)C2)c1ccc(-c2nn[nH]n2)cc1.O=S(=O)(NC1CCCCC1)c1ccc(-c2nn[nH]n2)cc1. The van der Waals surface area contributed by atoms with E-state index in [4.69, 9.17) is 13.9 Å². The van der Waals surface area contributed by atoms with Gasteiger partial charge in [0.1, 0.15) is 12.4 Å². The van der Waals surface area contributed by atoms with Crippen molar-refractivity contribution in [1.29, 1.82) is 0 Å². The van der Waals surface area contributed by atoms with E-state index in [2.05, 4.69) is 169 Å². The average Bonchev–Trinajstić information content (AvgIpc) is 1.39. The molecule has 0 unspecified atom stereocenters. The van der Waals surface area contributed by atoms with E-state index < -0.39 is 26.0 Å². The molecule has 0 spiro atoms. The molecular formula is C99H108N32O13S3. The third-order valence-corrected chi connectivity index (χ3v) is 31.6. The zero-order valence-electron chi connectivity index (χ0n) is 80.1. The van der Waals surface area contributed by atoms with Crippen LogP contribution in [0.15, 0.2) is 220 Å². The van der Waals surface area contributed by atoms with E-state index in [1.807, 2.05) is 53.9 Å². The van der Waals surface area contributed by atoms with Crippen LogP contribution in [0, 0.1) is 41.4 Å². The lowest BCUT2D eigenvalue weighted by Gasteiger charge is -2.56. The minimum atomic E-state index is -3.52. The second-order valence-corrected chi connectivity index (χ2v) is 42.3. The summed E-state index contributed by atoms with van der Waals surface area (Å²) < 4.78 is 76.5. The van der Waals surface area contributed by atoms with E-state index in [-0.39, 0.29) is 52.4 Å². The summed E-state index contributed by atoms with van der Waals surface area (Å²) in [7, 11) is -5.64. The van der Waals surface area contributed by atoms with Gasteiger partial charge in [-0.05, 0) is 313 Å². The quantitative estimate of drug-likeness (QED) is 0.0177. The third-order valence-electron chi connectivity index (χ3n) is 27.5. The Balaban J connectivity index is 0.000000113. The maximum atomic E-state index is 13.0. The van der Waals surface area contributed by atoms with Crippen molar-refractivity contribution in [2.24, 2.45) is 41.4 Å². The number of methoxy groups -OCH3 is 1. The number of aromatic nitrogens is 28. The second-order valence-electron chi connectivity index (χ2n) is 37.8. The van der Waals surface area contributed by atoms with Crippen LogP contribution in [0.2, 0.25) is 0 Å². The molecule has 10 fully saturated rings. The van der Waals surface area contributed by atoms with Crippen LogP contribution in [0.3, 0.4) is 0 Å². The highest BCUT2D eigenvalue weighted by Crippen LogP contribution is 2.57. The molecule has 10 saturated carbocycles. The van der Waals surface area contributed by atoms with Gasteiger partial charge in [0.2, 0.25) is 60.8 Å². The topological polar surface area (TPSA) is 624 Å². The number of furan rings is 1. The van der Waals surface area contributed by atoms with Crippen molar-refractivity contribution < 1.29 is 59.4 Å². The summed E-state index contributed by atoms with van der Waals surface area (Å²) in [5.41, 5.74) is 8.15. The first kappa shape index (κ1) is 101. The number of carbonyl (C=O) groups excluding carboxylic acids is 5. The fourth-order valence-electron chi connectivity index (χ4n) is 21.3. The molecule has 9 aromatic heterocycles. The molecule has 16 aromatic rings. The summed E-state index contributed by atoms with van der Waals surface area (Å²) in [6, 6.07) is 55.9. The van der Waals surface area contributed by atoms with Crippen molar-refractivity contribution in [2.45, 2.75) is 181 Å². The van der Waals surface area contributed by atoms with Crippen LogP contribution in [-0.4, -0.2) is 228 Å². The molecule has 0 aliphatic heterocycles. The molecule has 760 valence electrons. The average molecular weight is 2050 g/mol. The molecule has 45 nitrogen and oxygen atoms in total. The summed E-state index contributed by atoms with van der Waals surface area (Å²) in [5.74, 6) is 8.20. The van der Waals surface area contributed by atoms with Gasteiger partial charge in [-0.3, -0.25) is 9.59 Å². The molecule has 9 heterocycles. The lowest BCUT2D eigenvalue weighted by atomic mass is 9.53. The van der Waals surface area contributed by atoms with Crippen molar-refractivity contribution >= 4 is 61.1 Å². The Bertz CT molecular complexity index is 7010. The predicted molar refractivity (Wildman–Crippen MR) is 530 cm³/mol. The number of H-pyrrole nitrogens is 7. The molecular weight excluding hydrogens is 1940 g/mol. The molecule has 26 rings (SSSR count). The lowest BCUT2D eigenvalue weighted by molar-refractivity contribution is -0.0167. The molecule has 48 heteroatoms. The number of aromatic amines is 7. The number of nitrogens with one attached hydrogen (secondary N) is 11. The largest absolute Gasteiger partial charge is 0.466 e. The van der Waals surface area contributed by atoms with Crippen molar-refractivity contribution in [3.05, 3.63) is 244 Å². The van der Waals surface area contributed by atoms with E-state index in [1.54, 1.807) is 157 Å². The molecule has 7 aromatic carbocycles. The first-order chi connectivity index (χ1) is 71.6. The number of hydrogen-bond donors (Lipinski definition) is 11. The highest BCUT2D eigenvalue weighted by molar-refractivity contribution is 7.89. The van der Waals surface area contributed by atoms with Crippen molar-refractivity contribution in [1.82, 2.24) is 164 Å². The first-order valence-electron chi connectivity index (χ1n) is 48.7. The summed E-state index contributed by atoms with van der Waals surface area (Å²) in [6.07, 6.45) is 28.4. The first-order valence-corrected chi connectivity index (χ1v) is 52.5. The fraction of sp³-hybridized carbons (Fsp3) is 0.374. The van der Waals surface area contributed by atoms with Gasteiger partial charge in [0.15, 0.2) is 0 Å². The Labute approximate surface area is 846 Å². The predicted octanol–water partition coefficient (Wildman–Crippen LogP) is 13.1. The zero-order valence-corrected chi connectivity index (χ0v) is 82.5. The van der Waals surface area contributed by atoms with E-state index >= 15 is 0 Å². The maximum absolute atomic E-state index is 13.0. The number of rotatable bonds is 26. The molecule has 0 saturated heterocycles. The van der Waals surface area contributed by atoms with Crippen LogP contribution in [0.25, 0.3) is 79.7 Å². The van der Waals surface area contributed by atoms with Gasteiger partial charge in [0.25, 0.3) is 11.8 Å². The summed E-state index contributed by atoms with van der Waals surface area (Å²) in [6.45, 7) is 1.27. The monoisotopic (exact) mass is 2050 g/mol. The number of ether oxygens (including phenoxy) is 3. The van der Waals surface area contributed by atoms with Crippen molar-refractivity contribution in [3.63, 3.8) is 0 Å². The molecule has 10 aliphatic carbocycles. The number of hydrogen-bond acceptors (Lipinski definition) is 35. The Morgan fingerprint density at radius 2 is 0.721 bits per heavy atom. The van der Waals surface area contributed by atoms with Gasteiger partial charge >= 0.3 is 17.9 Å². The fourth-order valence-corrected chi connectivity index (χ4v) is 24.7. The molecule has 0 atom stereocenters. The van der Waals surface area contributed by atoms with Gasteiger partial charge in [0.05, 0.1) is 46.5 Å². The van der Waals surface area contributed by atoms with Crippen LogP contribution in [0.4, 0.5) is 0 Å². The Morgan fingerprint density at radius 3 is 1.07 bits per heavy atom. The standard InChI is InChI=1S/C18H21N5O.C17H21N5O2S.C15H19N5O.C14H12N4O2S.C13H17N5O2S.C13H10N4O3.C9H8N4O2/c24-17(15-3-1-14(2-4-15)16-20-22-23-21-16)19-18-8-11-5-12(9-18)7-13(6-11)10-18;23-25(24,15-3-1-14(2-4-15)16-18-21-22-19-16)20-17-8-11-5-12(9-17)7-13(6-11)10-17;21-15(16-10-11-4-2-1-3-5-11)13-8-6-12(7-9-13)14-17-19-20-18-14;19-14(20-8-7-12-2-1-9-21-12)11-5-3-10(4-6-11)13-15-17-18-16-13;19-21(20,16-11-4-2-1-3-5-11)12-8-6-10(7-9-12)13-14-17-18-15-13;18-13(20-8-11-2-1-7-19-11)10-5-3-9(4-6-10)12-14-16-17-15-12;1-15-9(14)7-4-2-6(3-5-7)8-10-12-13-11-8/h1-4,11-13H,5-10H2,(H,19,24)(H,20,21,22,23);1-4,11-13,20H,5-10H2,(H,18,19,21,22);6-9,11H,1-5,10H2,(H,16,21)(H,17,18,19,20);1-6,9H,7-8H2,(H,15,16,17,18);6-9,11,16H,1-5H2,(H,14,15,17,18);1-7H,8H2,(H,14,15,16,17);2-5H,1H3,(H,10,11,12,13). The summed E-state index contributed by atoms with van der Waals surface area (Å²) >= 11 is 1.66. The number of esters is 3. The van der Waals surface area contributed by atoms with Crippen LogP contribution >= 0.6 is 11.3 Å². The van der Waals surface area contributed by atoms with Crippen LogP contribution in [0.1, 0.15) is 204 Å². The minimum absolute atomic E-state index is 0.0137. The molecule has 0 radical (unpaired) electrons. The van der Waals surface area contributed by atoms with Crippen molar-refractivity contribution in [3.8, 4) is 79.7 Å². The van der Waals surface area contributed by atoms with E-state index in [1.165, 1.54) is 115 Å². The lowest BCUT2D eigenvalue weighted by Crippen LogP contribution is -2.59. The molecule has 147 heavy (non-hydrogen) atoms. The van der Waals surface area contributed by atoms with Crippen LogP contribution in [0.5, 0.6) is 0 Å². The molecule has 10 aliphatic rings. The summed E-state index contributed by atoms with van der Waals surface area (Å²) in [4.78, 5) is 61.5. The molecule has 2 amide bonds. The Kier molecular flexibility index (Phi) is 32.9. The van der Waals surface area contributed by atoms with E-state index in [0.717, 1.165) is 115 Å². The zero-order chi connectivity index (χ0) is 101. The number of benzene rings is 7. The number of tetrazole rings is 7. The van der Waals surface area contributed by atoms with Crippen molar-refractivity contribution in [2.75, 3.05) is 20.3 Å². The smallest absolute Gasteiger partial charge is 0.338 e. The van der Waals surface area contributed by atoms with E-state index in [9.17, 15) is 40.8 Å². The van der Waals surface area contributed by atoms with Gasteiger partial charge in [0, 0.05) is 85.0 Å². The number of amides is 2. The third kappa shape index (κ3) is 27.1. The van der Waals surface area contributed by atoms with Gasteiger partial charge in [-0.2, -0.15) is 36.5 Å². The number of carbonyl (C=O) groups is 5. The number of nitrogens with zero attached hydrogens (tertiary/aromatic N) is 21.